The SMILES string of the molecule is CC(N[S+]([O-])C(C)(C)C)(C(=O)Nc1ccccc1)c1ccc(Cl)cc1. The predicted molar refractivity (Wildman–Crippen MR) is 105 cm³/mol. The molecule has 0 heterocycles. The molecule has 0 aliphatic heterocycles. The smallest absolute Gasteiger partial charge is 0.253 e. The Hall–Kier alpha value is -1.53. The Balaban J connectivity index is 2.37. The van der Waals surface area contributed by atoms with Gasteiger partial charge >= 0.3 is 0 Å². The topological polar surface area (TPSA) is 64.2 Å². The molecule has 0 radical (unpaired) electrons. The van der Waals surface area contributed by atoms with E-state index in [2.05, 4.69) is 10.0 Å². The van der Waals surface area contributed by atoms with E-state index in [0.717, 1.165) is 0 Å². The van der Waals surface area contributed by atoms with Crippen molar-refractivity contribution in [3.8, 4) is 0 Å². The van der Waals surface area contributed by atoms with Crippen LogP contribution in [0.2, 0.25) is 5.02 Å². The molecule has 1 amide bonds. The summed E-state index contributed by atoms with van der Waals surface area (Å²) in [5.74, 6) is -0.293. The number of para-hydroxylation sites is 1. The fourth-order valence-electron chi connectivity index (χ4n) is 2.14. The number of benzene rings is 2. The van der Waals surface area contributed by atoms with Gasteiger partial charge in [-0.1, -0.05) is 41.9 Å². The Labute approximate surface area is 157 Å². The van der Waals surface area contributed by atoms with Gasteiger partial charge in [-0.25, -0.2) is 0 Å². The molecule has 0 saturated heterocycles. The Morgan fingerprint density at radius 2 is 1.56 bits per heavy atom. The molecule has 2 aromatic carbocycles. The third kappa shape index (κ3) is 4.98. The van der Waals surface area contributed by atoms with Crippen LogP contribution in [0.5, 0.6) is 0 Å². The fourth-order valence-corrected chi connectivity index (χ4v) is 3.15. The van der Waals surface area contributed by atoms with E-state index in [-0.39, 0.29) is 5.91 Å². The molecule has 0 saturated carbocycles. The van der Waals surface area contributed by atoms with E-state index in [1.54, 1.807) is 43.3 Å². The molecule has 4 nitrogen and oxygen atoms in total. The van der Waals surface area contributed by atoms with Gasteiger partial charge in [-0.15, -0.1) is 4.72 Å². The first kappa shape index (κ1) is 19.8. The van der Waals surface area contributed by atoms with Crippen LogP contribution in [0.3, 0.4) is 0 Å². The van der Waals surface area contributed by atoms with E-state index in [1.807, 2.05) is 39.0 Å². The summed E-state index contributed by atoms with van der Waals surface area (Å²) in [7, 11) is 0. The first-order chi connectivity index (χ1) is 11.6. The summed E-state index contributed by atoms with van der Waals surface area (Å²) in [6.45, 7) is 7.28. The number of amides is 1. The van der Waals surface area contributed by atoms with Gasteiger partial charge in [0.05, 0.1) is 0 Å². The number of hydrogen-bond acceptors (Lipinski definition) is 3. The fraction of sp³-hybridized carbons (Fsp3) is 0.316. The van der Waals surface area contributed by atoms with Gasteiger partial charge in [0.1, 0.15) is 4.75 Å². The average Bonchev–Trinajstić information content (AvgIpc) is 2.55. The zero-order chi connectivity index (χ0) is 18.7. The maximum absolute atomic E-state index is 13.0. The molecule has 0 aromatic heterocycles. The summed E-state index contributed by atoms with van der Waals surface area (Å²) in [6, 6.07) is 16.1. The van der Waals surface area contributed by atoms with Gasteiger partial charge in [0, 0.05) is 22.1 Å². The van der Waals surface area contributed by atoms with Crippen molar-refractivity contribution in [1.82, 2.24) is 4.72 Å². The molecule has 2 atom stereocenters. The van der Waals surface area contributed by atoms with Gasteiger partial charge in [0.15, 0.2) is 5.54 Å². The highest BCUT2D eigenvalue weighted by atomic mass is 35.5. The van der Waals surface area contributed by atoms with Crippen molar-refractivity contribution in [2.75, 3.05) is 5.32 Å². The second kappa shape index (κ2) is 7.79. The van der Waals surface area contributed by atoms with Crippen molar-refractivity contribution >= 4 is 34.6 Å². The second-order valence-electron chi connectivity index (χ2n) is 6.94. The summed E-state index contributed by atoms with van der Waals surface area (Å²) in [5.41, 5.74) is 0.178. The van der Waals surface area contributed by atoms with Crippen LogP contribution in [0, 0.1) is 0 Å². The molecule has 0 fully saturated rings. The second-order valence-corrected chi connectivity index (χ2v) is 9.34. The van der Waals surface area contributed by atoms with E-state index in [9.17, 15) is 9.35 Å². The first-order valence-corrected chi connectivity index (χ1v) is 9.48. The third-order valence-electron chi connectivity index (χ3n) is 3.76. The molecule has 2 rings (SSSR count). The van der Waals surface area contributed by atoms with Crippen molar-refractivity contribution < 1.29 is 9.35 Å². The Kier molecular flexibility index (Phi) is 6.16. The first-order valence-electron chi connectivity index (χ1n) is 7.95. The lowest BCUT2D eigenvalue weighted by Crippen LogP contribution is -2.55. The van der Waals surface area contributed by atoms with E-state index in [0.29, 0.717) is 16.3 Å². The highest BCUT2D eigenvalue weighted by Crippen LogP contribution is 2.28. The van der Waals surface area contributed by atoms with Gasteiger partial charge in [-0.2, -0.15) is 0 Å². The lowest BCUT2D eigenvalue weighted by Gasteiger charge is -2.34. The summed E-state index contributed by atoms with van der Waals surface area (Å²) >= 11 is 4.53. The molecule has 0 aliphatic carbocycles. The average molecular weight is 379 g/mol. The summed E-state index contributed by atoms with van der Waals surface area (Å²) in [4.78, 5) is 13.0. The molecule has 134 valence electrons. The number of anilines is 1. The lowest BCUT2D eigenvalue weighted by molar-refractivity contribution is -0.121. The zero-order valence-corrected chi connectivity index (χ0v) is 16.4. The van der Waals surface area contributed by atoms with Gasteiger partial charge in [0.2, 0.25) is 0 Å². The van der Waals surface area contributed by atoms with Gasteiger partial charge in [-0.3, -0.25) is 4.79 Å². The van der Waals surface area contributed by atoms with Crippen LogP contribution in [0.25, 0.3) is 0 Å². The Bertz CT molecular complexity index is 716. The van der Waals surface area contributed by atoms with Crippen molar-refractivity contribution in [3.05, 3.63) is 65.2 Å². The normalized spacial score (nSPS) is 15.3. The summed E-state index contributed by atoms with van der Waals surface area (Å²) in [5, 5.41) is 3.46. The molecular weight excluding hydrogens is 356 g/mol. The van der Waals surface area contributed by atoms with Gasteiger partial charge in [-0.05, 0) is 57.5 Å². The van der Waals surface area contributed by atoms with Crippen molar-refractivity contribution in [1.29, 1.82) is 0 Å². The van der Waals surface area contributed by atoms with Crippen LogP contribution in [0.15, 0.2) is 54.6 Å². The van der Waals surface area contributed by atoms with Crippen LogP contribution in [-0.4, -0.2) is 15.2 Å². The van der Waals surface area contributed by atoms with Crippen molar-refractivity contribution in [3.63, 3.8) is 0 Å². The molecule has 6 heteroatoms. The van der Waals surface area contributed by atoms with E-state index in [1.165, 1.54) is 0 Å². The monoisotopic (exact) mass is 378 g/mol. The van der Waals surface area contributed by atoms with Gasteiger partial charge in [0.25, 0.3) is 5.91 Å². The molecule has 2 aromatic rings. The van der Waals surface area contributed by atoms with E-state index in [4.69, 9.17) is 11.6 Å². The van der Waals surface area contributed by atoms with Crippen LogP contribution in [0.4, 0.5) is 5.69 Å². The number of hydrogen-bond donors (Lipinski definition) is 2. The molecule has 2 unspecified atom stereocenters. The summed E-state index contributed by atoms with van der Waals surface area (Å²) < 4.78 is 15.2. The largest absolute Gasteiger partial charge is 0.598 e. The summed E-state index contributed by atoms with van der Waals surface area (Å²) in [6.07, 6.45) is 0. The quantitative estimate of drug-likeness (QED) is 0.764. The highest BCUT2D eigenvalue weighted by molar-refractivity contribution is 7.90. The maximum Gasteiger partial charge on any atom is 0.253 e. The number of nitrogens with one attached hydrogen (secondary N) is 2. The Morgan fingerprint density at radius 1 is 1.00 bits per heavy atom. The van der Waals surface area contributed by atoms with Crippen LogP contribution >= 0.6 is 11.6 Å². The lowest BCUT2D eigenvalue weighted by atomic mass is 9.92. The number of rotatable bonds is 5. The molecular formula is C19H23ClN2O2S. The zero-order valence-electron chi connectivity index (χ0n) is 14.8. The minimum Gasteiger partial charge on any atom is -0.598 e. The highest BCUT2D eigenvalue weighted by Gasteiger charge is 2.42. The molecule has 0 spiro atoms. The molecule has 2 N–H and O–H groups in total. The molecule has 0 bridgehead atoms. The third-order valence-corrected chi connectivity index (χ3v) is 5.72. The van der Waals surface area contributed by atoms with E-state index < -0.39 is 21.6 Å². The Morgan fingerprint density at radius 3 is 2.08 bits per heavy atom. The standard InChI is InChI=1S/C19H23ClN2O2S/c1-18(2,3)25(24)22-19(4,14-10-12-15(20)13-11-14)17(23)21-16-8-6-5-7-9-16/h5-13,22H,1-4H3,(H,21,23). The van der Waals surface area contributed by atoms with Crippen LogP contribution < -0.4 is 10.0 Å². The van der Waals surface area contributed by atoms with E-state index >= 15 is 0 Å². The van der Waals surface area contributed by atoms with Crippen LogP contribution in [-0.2, 0) is 21.7 Å². The van der Waals surface area contributed by atoms with Crippen molar-refractivity contribution in [2.24, 2.45) is 0 Å². The maximum atomic E-state index is 13.0. The molecule has 0 aliphatic rings. The van der Waals surface area contributed by atoms with Gasteiger partial charge < -0.3 is 9.87 Å². The number of carbonyl (C=O) groups is 1. The molecule has 25 heavy (non-hydrogen) atoms. The minimum atomic E-state index is -1.43. The number of carbonyl (C=O) groups excluding carboxylic acids is 1. The predicted octanol–water partition coefficient (Wildman–Crippen LogP) is 4.25. The number of halogens is 1. The minimum absolute atomic E-state index is 0.293. The van der Waals surface area contributed by atoms with Crippen molar-refractivity contribution in [2.45, 2.75) is 38.0 Å². The van der Waals surface area contributed by atoms with Crippen LogP contribution in [0.1, 0.15) is 33.3 Å².